The quantitative estimate of drug-likeness (QED) is 0.885. The zero-order valence-corrected chi connectivity index (χ0v) is 12.6. The average Bonchev–Trinajstić information content (AvgIpc) is 2.87. The van der Waals surface area contributed by atoms with Crippen LogP contribution in [-0.4, -0.2) is 21.9 Å². The molecular weight excluding hydrogens is 264 g/mol. The molecule has 3 rings (SSSR count). The normalized spacial score (nSPS) is 16.5. The van der Waals surface area contributed by atoms with E-state index in [0.717, 1.165) is 11.4 Å². The van der Waals surface area contributed by atoms with Crippen LogP contribution in [0.4, 0.5) is 5.82 Å². The number of rotatable bonds is 6. The highest BCUT2D eigenvalue weighted by molar-refractivity contribution is 5.39. The van der Waals surface area contributed by atoms with Crippen LogP contribution in [0.15, 0.2) is 30.7 Å². The van der Waals surface area contributed by atoms with Crippen LogP contribution in [0.1, 0.15) is 49.4 Å². The van der Waals surface area contributed by atoms with Gasteiger partial charge in [-0.1, -0.05) is 0 Å². The van der Waals surface area contributed by atoms with Crippen molar-refractivity contribution < 1.29 is 4.74 Å². The fourth-order valence-corrected chi connectivity index (χ4v) is 2.54. The van der Waals surface area contributed by atoms with Crippen molar-refractivity contribution in [1.29, 1.82) is 0 Å². The third kappa shape index (κ3) is 3.24. The Bertz CT molecular complexity index is 591. The number of methoxy groups -OCH3 is 1. The van der Waals surface area contributed by atoms with E-state index in [1.807, 2.05) is 18.3 Å². The molecule has 0 saturated heterocycles. The molecule has 1 N–H and O–H groups in total. The van der Waals surface area contributed by atoms with Gasteiger partial charge in [0.15, 0.2) is 0 Å². The van der Waals surface area contributed by atoms with Crippen molar-refractivity contribution in [2.24, 2.45) is 0 Å². The van der Waals surface area contributed by atoms with Gasteiger partial charge in [0, 0.05) is 25.1 Å². The van der Waals surface area contributed by atoms with E-state index in [4.69, 9.17) is 4.74 Å². The van der Waals surface area contributed by atoms with Crippen molar-refractivity contribution in [2.45, 2.75) is 44.9 Å². The molecule has 0 spiro atoms. The Hall–Kier alpha value is -1.88. The lowest BCUT2D eigenvalue weighted by Crippen LogP contribution is -2.17. The molecule has 0 aliphatic heterocycles. The monoisotopic (exact) mass is 286 g/mol. The van der Waals surface area contributed by atoms with Gasteiger partial charge in [0.05, 0.1) is 24.9 Å². The fourth-order valence-electron chi connectivity index (χ4n) is 2.54. The second kappa shape index (κ2) is 6.26. The van der Waals surface area contributed by atoms with Crippen LogP contribution in [0.5, 0.6) is 0 Å². The third-order valence-corrected chi connectivity index (χ3v) is 4.07. The van der Waals surface area contributed by atoms with Gasteiger partial charge in [0.2, 0.25) is 0 Å². The number of hydrogen-bond acceptors (Lipinski definition) is 4. The summed E-state index contributed by atoms with van der Waals surface area (Å²) < 4.78 is 7.26. The van der Waals surface area contributed by atoms with E-state index in [1.165, 1.54) is 24.8 Å². The van der Waals surface area contributed by atoms with Gasteiger partial charge >= 0.3 is 0 Å². The topological polar surface area (TPSA) is 52.0 Å². The lowest BCUT2D eigenvalue weighted by Gasteiger charge is -2.25. The van der Waals surface area contributed by atoms with Crippen molar-refractivity contribution in [3.05, 3.63) is 41.9 Å². The van der Waals surface area contributed by atoms with Gasteiger partial charge in [-0.2, -0.15) is 5.10 Å². The van der Waals surface area contributed by atoms with E-state index in [1.54, 1.807) is 13.3 Å². The number of anilines is 1. The molecule has 1 aliphatic rings. The van der Waals surface area contributed by atoms with Gasteiger partial charge in [0.1, 0.15) is 5.82 Å². The Morgan fingerprint density at radius 3 is 3.05 bits per heavy atom. The molecule has 1 fully saturated rings. The minimum Gasteiger partial charge on any atom is -0.380 e. The fraction of sp³-hybridized carbons (Fsp3) is 0.500. The zero-order chi connectivity index (χ0) is 14.7. The summed E-state index contributed by atoms with van der Waals surface area (Å²) in [5.74, 6) is 0.869. The van der Waals surface area contributed by atoms with Crippen molar-refractivity contribution >= 4 is 5.82 Å². The Morgan fingerprint density at radius 1 is 1.48 bits per heavy atom. The van der Waals surface area contributed by atoms with Crippen molar-refractivity contribution in [3.8, 4) is 0 Å². The molecule has 1 unspecified atom stereocenters. The maximum atomic E-state index is 5.15. The van der Waals surface area contributed by atoms with Gasteiger partial charge in [-0.15, -0.1) is 0 Å². The Kier molecular flexibility index (Phi) is 4.20. The van der Waals surface area contributed by atoms with Crippen LogP contribution in [0.25, 0.3) is 0 Å². The predicted octanol–water partition coefficient (Wildman–Crippen LogP) is 3.32. The molecule has 5 nitrogen and oxygen atoms in total. The standard InChI is InChI=1S/C16H22N4O/c1-12(14-9-18-20(10-14)15-4-3-5-15)19-16-8-13(11-21-2)6-7-17-16/h6-10,12,15H,3-5,11H2,1-2H3,(H,17,19). The van der Waals surface area contributed by atoms with Crippen LogP contribution in [0.3, 0.4) is 0 Å². The number of ether oxygens (including phenoxy) is 1. The molecule has 112 valence electrons. The summed E-state index contributed by atoms with van der Waals surface area (Å²) in [6.45, 7) is 2.73. The van der Waals surface area contributed by atoms with Gasteiger partial charge in [-0.25, -0.2) is 4.98 Å². The van der Waals surface area contributed by atoms with E-state index in [9.17, 15) is 0 Å². The summed E-state index contributed by atoms with van der Waals surface area (Å²) in [4.78, 5) is 4.36. The minimum absolute atomic E-state index is 0.184. The minimum atomic E-state index is 0.184. The summed E-state index contributed by atoms with van der Waals surface area (Å²) in [5, 5.41) is 7.91. The smallest absolute Gasteiger partial charge is 0.126 e. The molecule has 1 aliphatic carbocycles. The molecule has 5 heteroatoms. The number of aromatic nitrogens is 3. The molecule has 0 bridgehead atoms. The lowest BCUT2D eigenvalue weighted by atomic mass is 9.93. The third-order valence-electron chi connectivity index (χ3n) is 4.07. The molecule has 1 saturated carbocycles. The first-order valence-electron chi connectivity index (χ1n) is 7.50. The Balaban J connectivity index is 1.66. The maximum Gasteiger partial charge on any atom is 0.126 e. The van der Waals surface area contributed by atoms with Crippen molar-refractivity contribution in [2.75, 3.05) is 12.4 Å². The van der Waals surface area contributed by atoms with E-state index in [2.05, 4.69) is 33.2 Å². The van der Waals surface area contributed by atoms with Crippen molar-refractivity contribution in [3.63, 3.8) is 0 Å². The van der Waals surface area contributed by atoms with Crippen LogP contribution >= 0.6 is 0 Å². The molecule has 1 atom stereocenters. The SMILES string of the molecule is COCc1ccnc(NC(C)c2cnn(C3CCC3)c2)c1. The van der Waals surface area contributed by atoms with E-state index < -0.39 is 0 Å². The first-order valence-corrected chi connectivity index (χ1v) is 7.50. The second-order valence-electron chi connectivity index (χ2n) is 5.69. The van der Waals surface area contributed by atoms with Crippen LogP contribution in [0, 0.1) is 0 Å². The van der Waals surface area contributed by atoms with Gasteiger partial charge in [-0.3, -0.25) is 4.68 Å². The maximum absolute atomic E-state index is 5.15. The summed E-state index contributed by atoms with van der Waals surface area (Å²) >= 11 is 0. The first kappa shape index (κ1) is 14.1. The molecule has 21 heavy (non-hydrogen) atoms. The van der Waals surface area contributed by atoms with E-state index in [0.29, 0.717) is 12.6 Å². The number of nitrogens with one attached hydrogen (secondary N) is 1. The summed E-state index contributed by atoms with van der Waals surface area (Å²) in [6.07, 6.45) is 9.74. The Morgan fingerprint density at radius 2 is 2.33 bits per heavy atom. The van der Waals surface area contributed by atoms with Gasteiger partial charge in [-0.05, 0) is 43.9 Å². The van der Waals surface area contributed by atoms with Gasteiger partial charge < -0.3 is 10.1 Å². The number of hydrogen-bond donors (Lipinski definition) is 1. The highest BCUT2D eigenvalue weighted by Crippen LogP contribution is 2.31. The Labute approximate surface area is 125 Å². The van der Waals surface area contributed by atoms with Crippen LogP contribution in [-0.2, 0) is 11.3 Å². The second-order valence-corrected chi connectivity index (χ2v) is 5.69. The van der Waals surface area contributed by atoms with E-state index in [-0.39, 0.29) is 6.04 Å². The van der Waals surface area contributed by atoms with Crippen LogP contribution < -0.4 is 5.32 Å². The first-order chi connectivity index (χ1) is 10.3. The lowest BCUT2D eigenvalue weighted by molar-refractivity contribution is 0.185. The average molecular weight is 286 g/mol. The van der Waals surface area contributed by atoms with Crippen LogP contribution in [0.2, 0.25) is 0 Å². The predicted molar refractivity (Wildman–Crippen MR) is 82.1 cm³/mol. The molecule has 2 heterocycles. The van der Waals surface area contributed by atoms with E-state index >= 15 is 0 Å². The largest absolute Gasteiger partial charge is 0.380 e. The summed E-state index contributed by atoms with van der Waals surface area (Å²) in [5.41, 5.74) is 2.31. The molecule has 2 aromatic rings. The van der Waals surface area contributed by atoms with Gasteiger partial charge in [0.25, 0.3) is 0 Å². The summed E-state index contributed by atoms with van der Waals surface area (Å²) in [7, 11) is 1.70. The van der Waals surface area contributed by atoms with Crippen molar-refractivity contribution in [1.82, 2.24) is 14.8 Å². The molecule has 0 radical (unpaired) electrons. The summed E-state index contributed by atoms with van der Waals surface area (Å²) in [6, 6.07) is 4.78. The zero-order valence-electron chi connectivity index (χ0n) is 12.6. The molecular formula is C16H22N4O. The highest BCUT2D eigenvalue weighted by atomic mass is 16.5. The molecule has 0 amide bonds. The highest BCUT2D eigenvalue weighted by Gasteiger charge is 2.20. The number of nitrogens with zero attached hydrogens (tertiary/aromatic N) is 3. The molecule has 0 aromatic carbocycles. The number of pyridine rings is 1. The molecule has 2 aromatic heterocycles.